The Morgan fingerprint density at radius 1 is 1.14 bits per heavy atom. The average molecular weight is 372 g/mol. The van der Waals surface area contributed by atoms with Gasteiger partial charge in [-0.15, -0.1) is 11.8 Å². The van der Waals surface area contributed by atoms with Crippen LogP contribution < -0.4 is 5.32 Å². The Labute approximate surface area is 136 Å². The molecule has 0 bridgehead atoms. The predicted octanol–water partition coefficient (Wildman–Crippen LogP) is 5.17. The maximum atomic E-state index is 13.9. The van der Waals surface area contributed by atoms with Crippen molar-refractivity contribution in [2.45, 2.75) is 17.9 Å². The van der Waals surface area contributed by atoms with Gasteiger partial charge in [0, 0.05) is 26.7 Å². The van der Waals surface area contributed by atoms with Gasteiger partial charge in [-0.1, -0.05) is 31.2 Å². The lowest BCUT2D eigenvalue weighted by molar-refractivity contribution is 0.478. The Hall–Kier alpha value is -0.910. The van der Waals surface area contributed by atoms with Crippen molar-refractivity contribution in [3.05, 3.63) is 64.1 Å². The highest BCUT2D eigenvalue weighted by atomic mass is 79.9. The van der Waals surface area contributed by atoms with E-state index in [1.54, 1.807) is 23.9 Å². The molecule has 1 atom stereocenters. The van der Waals surface area contributed by atoms with Crippen molar-refractivity contribution in [1.29, 1.82) is 0 Å². The molecule has 0 fully saturated rings. The number of thioether (sulfide) groups is 1. The van der Waals surface area contributed by atoms with Gasteiger partial charge >= 0.3 is 0 Å². The quantitative estimate of drug-likeness (QED) is 0.702. The van der Waals surface area contributed by atoms with Crippen molar-refractivity contribution in [2.75, 3.05) is 12.3 Å². The van der Waals surface area contributed by atoms with Gasteiger partial charge in [-0.3, -0.25) is 0 Å². The zero-order valence-electron chi connectivity index (χ0n) is 11.6. The van der Waals surface area contributed by atoms with Crippen LogP contribution in [0.3, 0.4) is 0 Å². The van der Waals surface area contributed by atoms with Crippen LogP contribution in [0.1, 0.15) is 18.5 Å². The topological polar surface area (TPSA) is 12.0 Å². The normalized spacial score (nSPS) is 12.4. The molecule has 5 heteroatoms. The Balaban J connectivity index is 2.16. The van der Waals surface area contributed by atoms with E-state index in [0.29, 0.717) is 17.9 Å². The number of hydrogen-bond acceptors (Lipinski definition) is 2. The van der Waals surface area contributed by atoms with Crippen molar-refractivity contribution in [2.24, 2.45) is 0 Å². The first kappa shape index (κ1) is 16.5. The van der Waals surface area contributed by atoms with Gasteiger partial charge in [0.05, 0.1) is 0 Å². The maximum absolute atomic E-state index is 13.9. The summed E-state index contributed by atoms with van der Waals surface area (Å²) in [6, 6.07) is 12.0. The third-order valence-corrected chi connectivity index (χ3v) is 5.17. The summed E-state index contributed by atoms with van der Waals surface area (Å²) < 4.78 is 28.3. The molecule has 0 amide bonds. The first-order chi connectivity index (χ1) is 10.1. The minimum absolute atomic E-state index is 0.234. The summed E-state index contributed by atoms with van der Waals surface area (Å²) >= 11 is 5.10. The molecule has 0 aromatic heterocycles. The fourth-order valence-corrected chi connectivity index (χ4v) is 3.68. The fraction of sp³-hybridized carbons (Fsp3) is 0.250. The van der Waals surface area contributed by atoms with Crippen molar-refractivity contribution in [3.8, 4) is 0 Å². The molecule has 0 aliphatic carbocycles. The van der Waals surface area contributed by atoms with Gasteiger partial charge in [0.1, 0.15) is 0 Å². The lowest BCUT2D eigenvalue weighted by Gasteiger charge is -2.19. The Morgan fingerprint density at radius 2 is 1.90 bits per heavy atom. The molecule has 0 saturated carbocycles. The predicted molar refractivity (Wildman–Crippen MR) is 87.6 cm³/mol. The summed E-state index contributed by atoms with van der Waals surface area (Å²) in [6.07, 6.45) is 0. The molecule has 2 aromatic carbocycles. The van der Waals surface area contributed by atoms with E-state index in [2.05, 4.69) is 21.2 Å². The second-order valence-corrected chi connectivity index (χ2v) is 6.41. The van der Waals surface area contributed by atoms with E-state index < -0.39 is 11.6 Å². The van der Waals surface area contributed by atoms with Crippen molar-refractivity contribution in [3.63, 3.8) is 0 Å². The second kappa shape index (κ2) is 7.92. The second-order valence-electron chi connectivity index (χ2n) is 4.49. The van der Waals surface area contributed by atoms with E-state index in [-0.39, 0.29) is 6.04 Å². The van der Waals surface area contributed by atoms with Gasteiger partial charge in [-0.05, 0) is 40.7 Å². The Kier molecular flexibility index (Phi) is 6.21. The maximum Gasteiger partial charge on any atom is 0.163 e. The summed E-state index contributed by atoms with van der Waals surface area (Å²) in [5, 5.41) is 3.21. The molecule has 1 nitrogen and oxygen atoms in total. The van der Waals surface area contributed by atoms with Gasteiger partial charge in [0.2, 0.25) is 0 Å². The largest absolute Gasteiger partial charge is 0.309 e. The third kappa shape index (κ3) is 4.28. The number of halogens is 3. The molecule has 0 saturated heterocycles. The number of hydrogen-bond donors (Lipinski definition) is 1. The molecule has 1 unspecified atom stereocenters. The zero-order valence-corrected chi connectivity index (χ0v) is 14.0. The Morgan fingerprint density at radius 3 is 2.62 bits per heavy atom. The van der Waals surface area contributed by atoms with Crippen LogP contribution in [0.2, 0.25) is 0 Å². The SMILES string of the molecule is CCNC(CSc1ccccc1Br)c1cccc(F)c1F. The minimum atomic E-state index is -0.804. The highest BCUT2D eigenvalue weighted by molar-refractivity contribution is 9.10. The smallest absolute Gasteiger partial charge is 0.163 e. The van der Waals surface area contributed by atoms with Crippen molar-refractivity contribution < 1.29 is 8.78 Å². The van der Waals surface area contributed by atoms with E-state index in [1.165, 1.54) is 0 Å². The summed E-state index contributed by atoms with van der Waals surface area (Å²) in [6.45, 7) is 2.64. The summed E-state index contributed by atoms with van der Waals surface area (Å²) in [5.41, 5.74) is 0.372. The van der Waals surface area contributed by atoms with E-state index in [9.17, 15) is 8.78 Å². The van der Waals surface area contributed by atoms with Crippen LogP contribution in [0.5, 0.6) is 0 Å². The van der Waals surface area contributed by atoms with Crippen LogP contribution >= 0.6 is 27.7 Å². The van der Waals surface area contributed by atoms with Crippen LogP contribution in [0.4, 0.5) is 8.78 Å². The zero-order chi connectivity index (χ0) is 15.2. The number of rotatable bonds is 6. The van der Waals surface area contributed by atoms with Crippen LogP contribution in [0, 0.1) is 11.6 Å². The molecular weight excluding hydrogens is 356 g/mol. The molecule has 0 aliphatic rings. The average Bonchev–Trinajstić information content (AvgIpc) is 2.48. The standard InChI is InChI=1S/C16H16BrF2NS/c1-2-20-14(11-6-5-8-13(18)16(11)19)10-21-15-9-4-3-7-12(15)17/h3-9,14,20H,2,10H2,1H3. The first-order valence-electron chi connectivity index (χ1n) is 6.68. The third-order valence-electron chi connectivity index (χ3n) is 3.05. The molecule has 2 rings (SSSR count). The highest BCUT2D eigenvalue weighted by Crippen LogP contribution is 2.31. The fourth-order valence-electron chi connectivity index (χ4n) is 2.03. The van der Waals surface area contributed by atoms with E-state index in [1.807, 2.05) is 31.2 Å². The van der Waals surface area contributed by atoms with Crippen molar-refractivity contribution >= 4 is 27.7 Å². The summed E-state index contributed by atoms with van der Waals surface area (Å²) in [5.74, 6) is -0.950. The first-order valence-corrected chi connectivity index (χ1v) is 8.46. The van der Waals surface area contributed by atoms with Gasteiger partial charge in [-0.25, -0.2) is 8.78 Å². The van der Waals surface area contributed by atoms with Crippen molar-refractivity contribution in [1.82, 2.24) is 5.32 Å². The van der Waals surface area contributed by atoms with Crippen LogP contribution in [-0.2, 0) is 0 Å². The van der Waals surface area contributed by atoms with E-state index in [0.717, 1.165) is 15.4 Å². The monoisotopic (exact) mass is 371 g/mol. The van der Waals surface area contributed by atoms with Crippen LogP contribution in [0.15, 0.2) is 51.8 Å². The van der Waals surface area contributed by atoms with Gasteiger partial charge in [0.25, 0.3) is 0 Å². The Bertz CT molecular complexity index is 607. The highest BCUT2D eigenvalue weighted by Gasteiger charge is 2.18. The lowest BCUT2D eigenvalue weighted by Crippen LogP contribution is -2.24. The summed E-state index contributed by atoms with van der Waals surface area (Å²) in [4.78, 5) is 1.08. The molecule has 0 radical (unpaired) electrons. The molecule has 1 N–H and O–H groups in total. The van der Waals surface area contributed by atoms with Crippen LogP contribution in [-0.4, -0.2) is 12.3 Å². The number of benzene rings is 2. The van der Waals surface area contributed by atoms with Gasteiger partial charge in [-0.2, -0.15) is 0 Å². The molecule has 0 heterocycles. The minimum Gasteiger partial charge on any atom is -0.309 e. The summed E-state index contributed by atoms with van der Waals surface area (Å²) in [7, 11) is 0. The molecule has 0 aliphatic heterocycles. The van der Waals surface area contributed by atoms with Gasteiger partial charge in [0.15, 0.2) is 11.6 Å². The van der Waals surface area contributed by atoms with E-state index >= 15 is 0 Å². The molecular formula is C16H16BrF2NS. The van der Waals surface area contributed by atoms with Crippen LogP contribution in [0.25, 0.3) is 0 Å². The van der Waals surface area contributed by atoms with Gasteiger partial charge < -0.3 is 5.32 Å². The molecule has 0 spiro atoms. The molecule has 2 aromatic rings. The lowest BCUT2D eigenvalue weighted by atomic mass is 10.1. The van der Waals surface area contributed by atoms with E-state index in [4.69, 9.17) is 0 Å². The molecule has 21 heavy (non-hydrogen) atoms. The number of nitrogens with one attached hydrogen (secondary N) is 1. The molecule has 112 valence electrons.